The second-order valence-corrected chi connectivity index (χ2v) is 4.51. The SMILES string of the molecule is CN(C)C(=O)Cn1cnc(Cl)c(I)c1=O. The standard InChI is InChI=1S/C8H9ClIN3O2/c1-12(2)5(14)3-13-4-11-7(9)6(10)8(13)15/h4H,3H2,1-2H3. The summed E-state index contributed by atoms with van der Waals surface area (Å²) in [6.07, 6.45) is 1.27. The lowest BCUT2D eigenvalue weighted by Crippen LogP contribution is -2.32. The van der Waals surface area contributed by atoms with Gasteiger partial charge < -0.3 is 4.90 Å². The molecule has 0 fully saturated rings. The van der Waals surface area contributed by atoms with Gasteiger partial charge in [-0.25, -0.2) is 4.98 Å². The highest BCUT2D eigenvalue weighted by atomic mass is 127. The number of carbonyl (C=O) groups is 1. The van der Waals surface area contributed by atoms with E-state index in [-0.39, 0.29) is 23.2 Å². The summed E-state index contributed by atoms with van der Waals surface area (Å²) < 4.78 is 1.55. The first-order chi connectivity index (χ1) is 6.93. The first-order valence-electron chi connectivity index (χ1n) is 4.04. The fourth-order valence-electron chi connectivity index (χ4n) is 0.844. The summed E-state index contributed by atoms with van der Waals surface area (Å²) in [5, 5.41) is 0.161. The van der Waals surface area contributed by atoms with Gasteiger partial charge in [-0.3, -0.25) is 14.2 Å². The second kappa shape index (κ2) is 4.93. The third-order valence-electron chi connectivity index (χ3n) is 1.74. The van der Waals surface area contributed by atoms with E-state index in [1.165, 1.54) is 15.8 Å². The predicted octanol–water partition coefficient (Wildman–Crippen LogP) is 0.589. The van der Waals surface area contributed by atoms with Crippen LogP contribution in [-0.2, 0) is 11.3 Å². The number of rotatable bonds is 2. The van der Waals surface area contributed by atoms with Crippen LogP contribution in [0, 0.1) is 3.57 Å². The van der Waals surface area contributed by atoms with Gasteiger partial charge in [-0.1, -0.05) is 11.6 Å². The van der Waals surface area contributed by atoms with Crippen LogP contribution in [0.2, 0.25) is 5.15 Å². The Kier molecular flexibility index (Phi) is 4.09. The summed E-state index contributed by atoms with van der Waals surface area (Å²) in [5.74, 6) is -0.169. The number of aromatic nitrogens is 2. The molecule has 5 nitrogen and oxygen atoms in total. The molecule has 1 aromatic rings. The number of nitrogens with zero attached hydrogens (tertiary/aromatic N) is 3. The van der Waals surface area contributed by atoms with E-state index >= 15 is 0 Å². The van der Waals surface area contributed by atoms with E-state index in [0.29, 0.717) is 3.57 Å². The van der Waals surface area contributed by atoms with Crippen LogP contribution in [-0.4, -0.2) is 34.5 Å². The predicted molar refractivity (Wildman–Crippen MR) is 64.9 cm³/mol. The lowest BCUT2D eigenvalue weighted by atomic mass is 10.5. The van der Waals surface area contributed by atoms with Crippen LogP contribution in [0.4, 0.5) is 0 Å². The summed E-state index contributed by atoms with van der Waals surface area (Å²) in [7, 11) is 3.25. The van der Waals surface area contributed by atoms with E-state index in [1.807, 2.05) is 0 Å². The van der Waals surface area contributed by atoms with Gasteiger partial charge >= 0.3 is 0 Å². The molecule has 0 atom stereocenters. The summed E-state index contributed by atoms with van der Waals surface area (Å²) in [6.45, 7) is -0.0218. The molecule has 0 spiro atoms. The lowest BCUT2D eigenvalue weighted by Gasteiger charge is -2.11. The number of amides is 1. The van der Waals surface area contributed by atoms with Crippen LogP contribution < -0.4 is 5.56 Å². The molecule has 0 aliphatic carbocycles. The number of halogens is 2. The maximum absolute atomic E-state index is 11.6. The molecule has 1 amide bonds. The lowest BCUT2D eigenvalue weighted by molar-refractivity contribution is -0.129. The maximum atomic E-state index is 11.6. The minimum absolute atomic E-state index is 0.0218. The average molecular weight is 342 g/mol. The van der Waals surface area contributed by atoms with Gasteiger partial charge in [-0.15, -0.1) is 0 Å². The molecule has 0 aromatic carbocycles. The molecule has 7 heteroatoms. The van der Waals surface area contributed by atoms with Crippen molar-refractivity contribution < 1.29 is 4.79 Å². The molecule has 0 saturated carbocycles. The van der Waals surface area contributed by atoms with Crippen molar-refractivity contribution in [3.63, 3.8) is 0 Å². The quantitative estimate of drug-likeness (QED) is 0.584. The van der Waals surface area contributed by atoms with Gasteiger partial charge in [0.05, 0.1) is 6.33 Å². The van der Waals surface area contributed by atoms with Crippen molar-refractivity contribution in [1.29, 1.82) is 0 Å². The fraction of sp³-hybridized carbons (Fsp3) is 0.375. The molecule has 0 saturated heterocycles. The molecule has 0 aliphatic rings. The smallest absolute Gasteiger partial charge is 0.268 e. The largest absolute Gasteiger partial charge is 0.347 e. The number of carbonyl (C=O) groups excluding carboxylic acids is 1. The average Bonchev–Trinajstić information content (AvgIpc) is 2.18. The number of hydrogen-bond acceptors (Lipinski definition) is 3. The van der Waals surface area contributed by atoms with E-state index in [2.05, 4.69) is 4.98 Å². The monoisotopic (exact) mass is 341 g/mol. The van der Waals surface area contributed by atoms with Crippen LogP contribution in [0.5, 0.6) is 0 Å². The molecular formula is C8H9ClIN3O2. The molecule has 1 rings (SSSR count). The van der Waals surface area contributed by atoms with Gasteiger partial charge in [0.15, 0.2) is 0 Å². The third-order valence-corrected chi connectivity index (χ3v) is 3.32. The van der Waals surface area contributed by atoms with Crippen molar-refractivity contribution in [3.8, 4) is 0 Å². The summed E-state index contributed by atoms with van der Waals surface area (Å²) >= 11 is 7.46. The minimum atomic E-state index is -0.300. The van der Waals surface area contributed by atoms with Crippen molar-refractivity contribution >= 4 is 40.1 Å². The molecular weight excluding hydrogens is 332 g/mol. The van der Waals surface area contributed by atoms with Gasteiger partial charge in [0, 0.05) is 14.1 Å². The highest BCUT2D eigenvalue weighted by Crippen LogP contribution is 2.09. The van der Waals surface area contributed by atoms with Gasteiger partial charge in [0.25, 0.3) is 5.56 Å². The van der Waals surface area contributed by atoms with Crippen molar-refractivity contribution in [2.45, 2.75) is 6.54 Å². The molecule has 0 aliphatic heterocycles. The Balaban J connectivity index is 3.03. The first kappa shape index (κ1) is 12.4. The molecule has 1 aromatic heterocycles. The Bertz CT molecular complexity index is 444. The van der Waals surface area contributed by atoms with Crippen molar-refractivity contribution in [2.24, 2.45) is 0 Å². The zero-order valence-corrected chi connectivity index (χ0v) is 11.1. The Labute approximate surface area is 105 Å². The van der Waals surface area contributed by atoms with Gasteiger partial charge in [-0.05, 0) is 22.6 Å². The summed E-state index contributed by atoms with van der Waals surface area (Å²) in [6, 6.07) is 0. The summed E-state index contributed by atoms with van der Waals surface area (Å²) in [4.78, 5) is 28.2. The topological polar surface area (TPSA) is 55.2 Å². The molecule has 0 N–H and O–H groups in total. The molecule has 15 heavy (non-hydrogen) atoms. The van der Waals surface area contributed by atoms with Gasteiger partial charge in [0.2, 0.25) is 5.91 Å². The molecule has 0 radical (unpaired) electrons. The normalized spacial score (nSPS) is 10.1. The van der Waals surface area contributed by atoms with Crippen LogP contribution in [0.1, 0.15) is 0 Å². The molecule has 82 valence electrons. The van der Waals surface area contributed by atoms with E-state index in [9.17, 15) is 9.59 Å². The Morgan fingerprint density at radius 2 is 2.27 bits per heavy atom. The number of likely N-dealkylation sites (N-methyl/N-ethyl adjacent to an activating group) is 1. The molecule has 1 heterocycles. The zero-order valence-electron chi connectivity index (χ0n) is 8.20. The van der Waals surface area contributed by atoms with E-state index in [1.54, 1.807) is 36.7 Å². The van der Waals surface area contributed by atoms with Crippen LogP contribution in [0.25, 0.3) is 0 Å². The van der Waals surface area contributed by atoms with Crippen LogP contribution >= 0.6 is 34.2 Å². The zero-order chi connectivity index (χ0) is 11.6. The number of hydrogen-bond donors (Lipinski definition) is 0. The van der Waals surface area contributed by atoms with Gasteiger partial charge in [0.1, 0.15) is 15.3 Å². The maximum Gasteiger partial charge on any atom is 0.268 e. The van der Waals surface area contributed by atoms with E-state index < -0.39 is 0 Å². The minimum Gasteiger partial charge on any atom is -0.347 e. The van der Waals surface area contributed by atoms with Crippen molar-refractivity contribution in [1.82, 2.24) is 14.5 Å². The van der Waals surface area contributed by atoms with Crippen LogP contribution in [0.3, 0.4) is 0 Å². The van der Waals surface area contributed by atoms with Crippen LogP contribution in [0.15, 0.2) is 11.1 Å². The first-order valence-corrected chi connectivity index (χ1v) is 5.49. The van der Waals surface area contributed by atoms with Crippen molar-refractivity contribution in [2.75, 3.05) is 14.1 Å². The summed E-state index contributed by atoms with van der Waals surface area (Å²) in [5.41, 5.74) is -0.300. The van der Waals surface area contributed by atoms with Gasteiger partial charge in [-0.2, -0.15) is 0 Å². The molecule has 0 unspecified atom stereocenters. The second-order valence-electron chi connectivity index (χ2n) is 3.07. The highest BCUT2D eigenvalue weighted by molar-refractivity contribution is 14.1. The third kappa shape index (κ3) is 2.91. The van der Waals surface area contributed by atoms with E-state index in [4.69, 9.17) is 11.6 Å². The fourth-order valence-corrected chi connectivity index (χ4v) is 1.42. The highest BCUT2D eigenvalue weighted by Gasteiger charge is 2.10. The van der Waals surface area contributed by atoms with E-state index in [0.717, 1.165) is 0 Å². The molecule has 0 bridgehead atoms. The Morgan fingerprint density at radius 3 is 2.80 bits per heavy atom. The Morgan fingerprint density at radius 1 is 1.67 bits per heavy atom. The Hall–Kier alpha value is -0.630. The van der Waals surface area contributed by atoms with Crippen molar-refractivity contribution in [3.05, 3.63) is 25.4 Å².